The summed E-state index contributed by atoms with van der Waals surface area (Å²) in [5.41, 5.74) is 1.99. The normalized spacial score (nSPS) is 9.94. The highest BCUT2D eigenvalue weighted by Gasteiger charge is 2.02. The molecule has 0 saturated heterocycles. The number of hydrogen-bond donors (Lipinski definition) is 3. The zero-order valence-electron chi connectivity index (χ0n) is 9.15. The molecule has 0 saturated carbocycles. The van der Waals surface area contributed by atoms with E-state index in [2.05, 4.69) is 24.5 Å². The topological polar surface area (TPSA) is 61.4 Å². The second kappa shape index (κ2) is 5.46. The number of nitrogens with one attached hydrogen (secondary N) is 2. The number of rotatable bonds is 2. The molecular formula is C11H14N2O2S. The number of anilines is 1. The predicted octanol–water partition coefficient (Wildman–Crippen LogP) is 2.77. The van der Waals surface area contributed by atoms with E-state index in [1.165, 1.54) is 5.56 Å². The molecule has 1 aromatic rings. The van der Waals surface area contributed by atoms with Gasteiger partial charge < -0.3 is 10.4 Å². The number of benzene rings is 1. The lowest BCUT2D eigenvalue weighted by Crippen LogP contribution is -2.32. The lowest BCUT2D eigenvalue weighted by molar-refractivity contribution is 0.200. The van der Waals surface area contributed by atoms with E-state index in [-0.39, 0.29) is 5.11 Å². The van der Waals surface area contributed by atoms with Crippen molar-refractivity contribution >= 4 is 29.1 Å². The molecule has 0 bridgehead atoms. The van der Waals surface area contributed by atoms with Crippen LogP contribution in [0.15, 0.2) is 24.3 Å². The van der Waals surface area contributed by atoms with Crippen LogP contribution in [0, 0.1) is 0 Å². The zero-order chi connectivity index (χ0) is 12.1. The standard InChI is InChI=1S/C11H14N2O2S/c1-7(2)8-3-5-9(6-4-8)12-10(16)13-11(14)15/h3-7H,1-2H3,(H,14,15)(H2,12,13,16). The zero-order valence-corrected chi connectivity index (χ0v) is 9.97. The molecule has 0 heterocycles. The van der Waals surface area contributed by atoms with Gasteiger partial charge in [0.25, 0.3) is 0 Å². The van der Waals surface area contributed by atoms with Crippen LogP contribution in [0.3, 0.4) is 0 Å². The summed E-state index contributed by atoms with van der Waals surface area (Å²) in [6, 6.07) is 7.70. The van der Waals surface area contributed by atoms with E-state index < -0.39 is 6.09 Å². The van der Waals surface area contributed by atoms with Crippen LogP contribution in [-0.4, -0.2) is 16.3 Å². The van der Waals surface area contributed by atoms with Gasteiger partial charge in [-0.15, -0.1) is 0 Å². The van der Waals surface area contributed by atoms with Gasteiger partial charge in [-0.05, 0) is 35.8 Å². The summed E-state index contributed by atoms with van der Waals surface area (Å²) in [4.78, 5) is 10.3. The fourth-order valence-electron chi connectivity index (χ4n) is 1.21. The van der Waals surface area contributed by atoms with E-state index >= 15 is 0 Å². The Morgan fingerprint density at radius 2 is 1.88 bits per heavy atom. The highest BCUT2D eigenvalue weighted by atomic mass is 32.1. The third-order valence-electron chi connectivity index (χ3n) is 2.06. The van der Waals surface area contributed by atoms with Crippen molar-refractivity contribution in [2.45, 2.75) is 19.8 Å². The third-order valence-corrected chi connectivity index (χ3v) is 2.26. The Morgan fingerprint density at radius 3 is 2.31 bits per heavy atom. The SMILES string of the molecule is CC(C)c1ccc(NC(=S)NC(=O)O)cc1. The Morgan fingerprint density at radius 1 is 1.31 bits per heavy atom. The van der Waals surface area contributed by atoms with Crippen LogP contribution in [-0.2, 0) is 0 Å². The Kier molecular flexibility index (Phi) is 4.25. The maximum Gasteiger partial charge on any atom is 0.410 e. The fraction of sp³-hybridized carbons (Fsp3) is 0.273. The maximum absolute atomic E-state index is 10.3. The van der Waals surface area contributed by atoms with Gasteiger partial charge in [0.2, 0.25) is 0 Å². The molecule has 0 fully saturated rings. The lowest BCUT2D eigenvalue weighted by atomic mass is 10.0. The van der Waals surface area contributed by atoms with Crippen LogP contribution in [0.5, 0.6) is 0 Å². The smallest absolute Gasteiger partial charge is 0.410 e. The van der Waals surface area contributed by atoms with Gasteiger partial charge >= 0.3 is 6.09 Å². The Bertz CT molecular complexity index is 387. The number of amides is 1. The highest BCUT2D eigenvalue weighted by molar-refractivity contribution is 7.80. The van der Waals surface area contributed by atoms with Crippen molar-refractivity contribution in [3.05, 3.63) is 29.8 Å². The maximum atomic E-state index is 10.3. The highest BCUT2D eigenvalue weighted by Crippen LogP contribution is 2.16. The van der Waals surface area contributed by atoms with Crippen molar-refractivity contribution in [1.82, 2.24) is 5.32 Å². The minimum absolute atomic E-state index is 0.0739. The number of thiocarbonyl (C=S) groups is 1. The summed E-state index contributed by atoms with van der Waals surface area (Å²) < 4.78 is 0. The van der Waals surface area contributed by atoms with Gasteiger partial charge in [-0.1, -0.05) is 26.0 Å². The second-order valence-electron chi connectivity index (χ2n) is 3.66. The Labute approximate surface area is 99.7 Å². The average Bonchev–Trinajstić information content (AvgIpc) is 2.16. The quantitative estimate of drug-likeness (QED) is 0.693. The van der Waals surface area contributed by atoms with Gasteiger partial charge in [0.1, 0.15) is 0 Å². The molecule has 16 heavy (non-hydrogen) atoms. The van der Waals surface area contributed by atoms with Crippen LogP contribution in [0.2, 0.25) is 0 Å². The van der Waals surface area contributed by atoms with Gasteiger partial charge in [0, 0.05) is 5.69 Å². The summed E-state index contributed by atoms with van der Waals surface area (Å²) in [5.74, 6) is 0.471. The molecule has 4 nitrogen and oxygen atoms in total. The number of carbonyl (C=O) groups is 1. The first kappa shape index (κ1) is 12.4. The Balaban J connectivity index is 2.62. The number of hydrogen-bond acceptors (Lipinski definition) is 2. The first-order valence-corrected chi connectivity index (χ1v) is 5.30. The molecule has 0 spiro atoms. The molecule has 1 rings (SSSR count). The molecule has 1 amide bonds. The van der Waals surface area contributed by atoms with Gasteiger partial charge in [0.15, 0.2) is 5.11 Å². The summed E-state index contributed by atoms with van der Waals surface area (Å²) in [7, 11) is 0. The van der Waals surface area contributed by atoms with Crippen LogP contribution >= 0.6 is 12.2 Å². The average molecular weight is 238 g/mol. The van der Waals surface area contributed by atoms with Crippen LogP contribution in [0.4, 0.5) is 10.5 Å². The lowest BCUT2D eigenvalue weighted by Gasteiger charge is -2.09. The minimum atomic E-state index is -1.17. The van der Waals surface area contributed by atoms with E-state index in [0.717, 1.165) is 5.69 Å². The van der Waals surface area contributed by atoms with Crippen LogP contribution in [0.25, 0.3) is 0 Å². The molecule has 0 aromatic heterocycles. The summed E-state index contributed by atoms with van der Waals surface area (Å²) >= 11 is 4.79. The molecule has 1 aromatic carbocycles. The molecule has 5 heteroatoms. The Hall–Kier alpha value is -1.62. The van der Waals surface area contributed by atoms with Gasteiger partial charge in [-0.3, -0.25) is 5.32 Å². The molecular weight excluding hydrogens is 224 g/mol. The van der Waals surface area contributed by atoms with Crippen LogP contribution < -0.4 is 10.6 Å². The summed E-state index contributed by atoms with van der Waals surface area (Å²) in [5, 5.41) is 13.4. The number of carboxylic acid groups (broad SMARTS) is 1. The largest absolute Gasteiger partial charge is 0.465 e. The van der Waals surface area contributed by atoms with E-state index in [1.54, 1.807) is 0 Å². The molecule has 0 aliphatic carbocycles. The third kappa shape index (κ3) is 3.86. The van der Waals surface area contributed by atoms with Crippen molar-refractivity contribution in [2.75, 3.05) is 5.32 Å². The molecule has 3 N–H and O–H groups in total. The van der Waals surface area contributed by atoms with Crippen molar-refractivity contribution < 1.29 is 9.90 Å². The fourth-order valence-corrected chi connectivity index (χ4v) is 1.42. The molecule has 0 atom stereocenters. The monoisotopic (exact) mass is 238 g/mol. The molecule has 0 radical (unpaired) electrons. The van der Waals surface area contributed by atoms with Crippen molar-refractivity contribution in [3.8, 4) is 0 Å². The van der Waals surface area contributed by atoms with E-state index in [4.69, 9.17) is 17.3 Å². The first-order valence-electron chi connectivity index (χ1n) is 4.90. The molecule has 0 aliphatic rings. The van der Waals surface area contributed by atoms with Crippen molar-refractivity contribution in [1.29, 1.82) is 0 Å². The molecule has 0 unspecified atom stereocenters. The molecule has 0 aliphatic heterocycles. The second-order valence-corrected chi connectivity index (χ2v) is 4.07. The minimum Gasteiger partial charge on any atom is -0.465 e. The predicted molar refractivity (Wildman–Crippen MR) is 67.9 cm³/mol. The first-order chi connectivity index (χ1) is 7.49. The van der Waals surface area contributed by atoms with Crippen LogP contribution in [0.1, 0.15) is 25.3 Å². The van der Waals surface area contributed by atoms with Crippen molar-refractivity contribution in [3.63, 3.8) is 0 Å². The van der Waals surface area contributed by atoms with E-state index in [0.29, 0.717) is 5.92 Å². The molecule has 86 valence electrons. The van der Waals surface area contributed by atoms with Gasteiger partial charge in [-0.25, -0.2) is 4.79 Å². The van der Waals surface area contributed by atoms with Gasteiger partial charge in [-0.2, -0.15) is 0 Å². The van der Waals surface area contributed by atoms with Crippen molar-refractivity contribution in [2.24, 2.45) is 0 Å². The summed E-state index contributed by atoms with van der Waals surface area (Å²) in [6.45, 7) is 4.22. The van der Waals surface area contributed by atoms with E-state index in [1.807, 2.05) is 24.3 Å². The van der Waals surface area contributed by atoms with Gasteiger partial charge in [0.05, 0.1) is 0 Å². The summed E-state index contributed by atoms with van der Waals surface area (Å²) in [6.07, 6.45) is -1.17. The van der Waals surface area contributed by atoms with E-state index in [9.17, 15) is 4.79 Å².